The molecular formula is C28H30Cl2N6O2. The predicted molar refractivity (Wildman–Crippen MR) is 148 cm³/mol. The average molecular weight is 553 g/mol. The van der Waals surface area contributed by atoms with E-state index in [9.17, 15) is 0 Å². The molecule has 4 heterocycles. The molecule has 0 amide bonds. The number of imidazole rings is 1. The topological polar surface area (TPSA) is 78.2 Å². The molecule has 0 bridgehead atoms. The van der Waals surface area contributed by atoms with Gasteiger partial charge < -0.3 is 18.9 Å². The Balaban J connectivity index is 1.47. The summed E-state index contributed by atoms with van der Waals surface area (Å²) in [5.74, 6) is 2.84. The number of hydrogen-bond acceptors (Lipinski definition) is 7. The number of benzene rings is 1. The van der Waals surface area contributed by atoms with Crippen LogP contribution in [0.1, 0.15) is 44.2 Å². The van der Waals surface area contributed by atoms with Gasteiger partial charge in [-0.05, 0) is 47.9 Å². The summed E-state index contributed by atoms with van der Waals surface area (Å²) >= 11 is 12.4. The Kier molecular flexibility index (Phi) is 7.37. The highest BCUT2D eigenvalue weighted by Crippen LogP contribution is 2.38. The molecule has 198 valence electrons. The second kappa shape index (κ2) is 11.0. The summed E-state index contributed by atoms with van der Waals surface area (Å²) in [4.78, 5) is 20.7. The van der Waals surface area contributed by atoms with E-state index >= 15 is 0 Å². The lowest BCUT2D eigenvalue weighted by atomic mass is 9.83. The molecule has 1 saturated carbocycles. The molecule has 0 spiro atoms. The highest BCUT2D eigenvalue weighted by molar-refractivity contribution is 6.30. The van der Waals surface area contributed by atoms with Crippen molar-refractivity contribution < 1.29 is 9.47 Å². The number of hydrogen-bond donors (Lipinski definition) is 0. The van der Waals surface area contributed by atoms with Crippen LogP contribution >= 0.6 is 23.2 Å². The summed E-state index contributed by atoms with van der Waals surface area (Å²) < 4.78 is 14.3. The summed E-state index contributed by atoms with van der Waals surface area (Å²) in [6.45, 7) is 5.05. The number of halogens is 2. The van der Waals surface area contributed by atoms with E-state index in [1.54, 1.807) is 18.3 Å². The van der Waals surface area contributed by atoms with E-state index in [0.29, 0.717) is 48.1 Å². The molecule has 3 aromatic heterocycles. The molecule has 6 rings (SSSR count). The van der Waals surface area contributed by atoms with Crippen LogP contribution in [0.25, 0.3) is 11.2 Å². The van der Waals surface area contributed by atoms with Crippen LogP contribution in [0.2, 0.25) is 10.3 Å². The third-order valence-electron chi connectivity index (χ3n) is 7.57. The zero-order valence-corrected chi connectivity index (χ0v) is 22.8. The Morgan fingerprint density at radius 1 is 1.00 bits per heavy atom. The van der Waals surface area contributed by atoms with E-state index in [0.717, 1.165) is 23.9 Å². The molecule has 2 fully saturated rings. The maximum absolute atomic E-state index is 6.37. The second-order valence-corrected chi connectivity index (χ2v) is 11.0. The van der Waals surface area contributed by atoms with E-state index in [1.807, 2.05) is 6.07 Å². The van der Waals surface area contributed by atoms with E-state index in [4.69, 9.17) is 37.7 Å². The van der Waals surface area contributed by atoms with Crippen molar-refractivity contribution in [2.24, 2.45) is 11.8 Å². The fourth-order valence-corrected chi connectivity index (χ4v) is 5.78. The van der Waals surface area contributed by atoms with Gasteiger partial charge in [0, 0.05) is 25.4 Å². The van der Waals surface area contributed by atoms with E-state index in [-0.39, 0.29) is 11.3 Å². The Morgan fingerprint density at radius 2 is 1.82 bits per heavy atom. The van der Waals surface area contributed by atoms with E-state index in [1.165, 1.54) is 31.2 Å². The molecule has 1 aliphatic carbocycles. The van der Waals surface area contributed by atoms with Crippen LogP contribution < -0.4 is 9.64 Å². The molecule has 8 nitrogen and oxygen atoms in total. The van der Waals surface area contributed by atoms with Gasteiger partial charge in [0.05, 0.1) is 24.3 Å². The number of anilines is 1. The van der Waals surface area contributed by atoms with Gasteiger partial charge in [0.1, 0.15) is 0 Å². The zero-order valence-electron chi connectivity index (χ0n) is 21.3. The van der Waals surface area contributed by atoms with E-state index < -0.39 is 0 Å². The van der Waals surface area contributed by atoms with Crippen LogP contribution in [0.4, 0.5) is 5.95 Å². The monoisotopic (exact) mass is 552 g/mol. The quantitative estimate of drug-likeness (QED) is 0.245. The van der Waals surface area contributed by atoms with Crippen LogP contribution in [-0.2, 0) is 11.3 Å². The van der Waals surface area contributed by atoms with Gasteiger partial charge in [0.25, 0.3) is 5.88 Å². The first kappa shape index (κ1) is 25.3. The molecule has 4 aromatic rings. The van der Waals surface area contributed by atoms with Gasteiger partial charge in [-0.2, -0.15) is 15.0 Å². The van der Waals surface area contributed by atoms with Crippen LogP contribution in [0.15, 0.2) is 48.7 Å². The molecule has 10 heteroatoms. The Labute approximate surface area is 231 Å². The van der Waals surface area contributed by atoms with Gasteiger partial charge in [0.2, 0.25) is 17.1 Å². The molecule has 1 saturated heterocycles. The largest absolute Gasteiger partial charge is 0.418 e. The Hall–Kier alpha value is -2.94. The highest BCUT2D eigenvalue weighted by Gasteiger charge is 2.32. The van der Waals surface area contributed by atoms with Crippen LogP contribution in [0.5, 0.6) is 11.8 Å². The van der Waals surface area contributed by atoms with Crippen LogP contribution in [0, 0.1) is 11.8 Å². The van der Waals surface area contributed by atoms with Crippen molar-refractivity contribution in [1.82, 2.24) is 24.5 Å². The van der Waals surface area contributed by atoms with Crippen LogP contribution in [-0.4, -0.2) is 44.3 Å². The molecule has 38 heavy (non-hydrogen) atoms. The summed E-state index contributed by atoms with van der Waals surface area (Å²) in [6.07, 6.45) is 6.36. The summed E-state index contributed by atoms with van der Waals surface area (Å²) in [6, 6.07) is 13.9. The van der Waals surface area contributed by atoms with Crippen molar-refractivity contribution in [3.8, 4) is 11.8 Å². The lowest BCUT2D eigenvalue weighted by Crippen LogP contribution is -2.41. The molecule has 1 atom stereocenters. The summed E-state index contributed by atoms with van der Waals surface area (Å²) in [7, 11) is 0. The fourth-order valence-electron chi connectivity index (χ4n) is 5.52. The van der Waals surface area contributed by atoms with Gasteiger partial charge in [-0.15, -0.1) is 0 Å². The number of morpholine rings is 1. The normalized spacial score (nSPS) is 22.1. The van der Waals surface area contributed by atoms with E-state index in [2.05, 4.69) is 55.6 Å². The lowest BCUT2D eigenvalue weighted by molar-refractivity contribution is 0.0927. The number of rotatable bonds is 6. The SMILES string of the molecule is CC1CCC(Cn2c(N3CCOC[C@H]3c3ccccc3)nc3nc(Cl)nc(Oc4ccc(Cl)cn4)c32)CC1. The standard InChI is InChI=1S/C28H30Cl2N6O2/c1-18-7-9-19(10-8-18)16-36-24-25(32-27(30)34-26(24)38-23-12-11-21(29)15-31-23)33-28(36)35-13-14-37-17-22(35)20-5-3-2-4-6-20/h2-6,11-12,15,18-19,22H,7-10,13-14,16-17H2,1H3/t18?,19?,22-/m0/s1. The third-order valence-corrected chi connectivity index (χ3v) is 7.96. The second-order valence-electron chi connectivity index (χ2n) is 10.2. The highest BCUT2D eigenvalue weighted by atomic mass is 35.5. The molecule has 1 aliphatic heterocycles. The number of fused-ring (bicyclic) bond motifs is 1. The maximum atomic E-state index is 6.37. The number of nitrogens with zero attached hydrogens (tertiary/aromatic N) is 6. The zero-order chi connectivity index (χ0) is 26.1. The number of pyridine rings is 1. The predicted octanol–water partition coefficient (Wildman–Crippen LogP) is 6.72. The molecule has 2 aliphatic rings. The first-order chi connectivity index (χ1) is 18.5. The van der Waals surface area contributed by atoms with Gasteiger partial charge in [-0.25, -0.2) is 4.98 Å². The smallest absolute Gasteiger partial charge is 0.252 e. The molecule has 0 radical (unpaired) electrons. The van der Waals surface area contributed by atoms with Gasteiger partial charge in [-0.3, -0.25) is 0 Å². The molecular weight excluding hydrogens is 523 g/mol. The minimum atomic E-state index is 0.0256. The number of aromatic nitrogens is 5. The van der Waals surface area contributed by atoms with Crippen molar-refractivity contribution >= 4 is 40.3 Å². The van der Waals surface area contributed by atoms with Gasteiger partial charge in [-0.1, -0.05) is 61.7 Å². The van der Waals surface area contributed by atoms with Crippen molar-refractivity contribution in [3.63, 3.8) is 0 Å². The number of ether oxygens (including phenoxy) is 2. The Bertz CT molecular complexity index is 1390. The summed E-state index contributed by atoms with van der Waals surface area (Å²) in [5.41, 5.74) is 2.41. The summed E-state index contributed by atoms with van der Waals surface area (Å²) in [5, 5.41) is 0.604. The first-order valence-electron chi connectivity index (χ1n) is 13.2. The van der Waals surface area contributed by atoms with Crippen molar-refractivity contribution in [2.45, 2.75) is 45.2 Å². The molecule has 0 unspecified atom stereocenters. The first-order valence-corrected chi connectivity index (χ1v) is 13.9. The third kappa shape index (κ3) is 5.30. The Morgan fingerprint density at radius 3 is 2.58 bits per heavy atom. The average Bonchev–Trinajstić information content (AvgIpc) is 3.29. The maximum Gasteiger partial charge on any atom is 0.252 e. The molecule has 0 N–H and O–H groups in total. The fraction of sp³-hybridized carbons (Fsp3) is 0.429. The van der Waals surface area contributed by atoms with Gasteiger partial charge >= 0.3 is 0 Å². The minimum absolute atomic E-state index is 0.0256. The van der Waals surface area contributed by atoms with Crippen LogP contribution in [0.3, 0.4) is 0 Å². The van der Waals surface area contributed by atoms with Gasteiger partial charge in [0.15, 0.2) is 11.2 Å². The van der Waals surface area contributed by atoms with Crippen molar-refractivity contribution in [1.29, 1.82) is 0 Å². The lowest BCUT2D eigenvalue weighted by Gasteiger charge is -2.37. The van der Waals surface area contributed by atoms with Crippen molar-refractivity contribution in [2.75, 3.05) is 24.7 Å². The minimum Gasteiger partial charge on any atom is -0.418 e. The van der Waals surface area contributed by atoms with Crippen molar-refractivity contribution in [3.05, 3.63) is 64.5 Å². The molecule has 1 aromatic carbocycles.